The van der Waals surface area contributed by atoms with Crippen LogP contribution in [0, 0.1) is 0 Å². The monoisotopic (exact) mass is 273 g/mol. The van der Waals surface area contributed by atoms with Gasteiger partial charge in [-0.3, -0.25) is 9.35 Å². The Hall–Kier alpha value is -1.93. The van der Waals surface area contributed by atoms with Crippen LogP contribution >= 0.6 is 0 Å². The van der Waals surface area contributed by atoms with Gasteiger partial charge in [0, 0.05) is 0 Å². The van der Waals surface area contributed by atoms with Crippen molar-refractivity contribution in [1.29, 1.82) is 0 Å². The Bertz CT molecular complexity index is 535. The minimum atomic E-state index is -4.91. The number of hydrogen-bond donors (Lipinski definition) is 1. The van der Waals surface area contributed by atoms with Gasteiger partial charge in [-0.2, -0.15) is 8.42 Å². The Labute approximate surface area is 103 Å². The molecule has 0 heterocycles. The fourth-order valence-electron chi connectivity index (χ4n) is 1.12. The summed E-state index contributed by atoms with van der Waals surface area (Å²) in [5.74, 6) is -3.04. The molecule has 0 saturated heterocycles. The number of carbonyl (C=O) groups is 2. The van der Waals surface area contributed by atoms with E-state index in [-0.39, 0.29) is 5.75 Å². The second-order valence-corrected chi connectivity index (χ2v) is 4.91. The molecule has 1 aromatic rings. The molecule has 8 heteroatoms. The fourth-order valence-corrected chi connectivity index (χ4v) is 1.71. The number of carboxylic acid groups (broad SMARTS) is 1. The summed E-state index contributed by atoms with van der Waals surface area (Å²) in [6.07, 6.45) is -1.03. The highest BCUT2D eigenvalue weighted by atomic mass is 32.2. The molecule has 1 N–H and O–H groups in total. The molecule has 1 aromatic carbocycles. The van der Waals surface area contributed by atoms with Crippen LogP contribution in [0.15, 0.2) is 30.3 Å². The predicted molar refractivity (Wildman–Crippen MR) is 57.0 cm³/mol. The molecular formula is C10H9O7S-. The molecule has 1 atom stereocenters. The first-order valence-electron chi connectivity index (χ1n) is 4.73. The number of rotatable bonds is 5. The van der Waals surface area contributed by atoms with Crippen LogP contribution in [0.1, 0.15) is 6.42 Å². The van der Waals surface area contributed by atoms with E-state index in [1.54, 1.807) is 18.2 Å². The molecule has 0 aliphatic heterocycles. The Morgan fingerprint density at radius 3 is 2.28 bits per heavy atom. The quantitative estimate of drug-likeness (QED) is 0.414. The van der Waals surface area contributed by atoms with E-state index in [9.17, 15) is 23.1 Å². The maximum Gasteiger partial charge on any atom is 0.312 e. The van der Waals surface area contributed by atoms with Crippen LogP contribution < -0.4 is 9.84 Å². The summed E-state index contributed by atoms with van der Waals surface area (Å²) in [5.41, 5.74) is 0. The van der Waals surface area contributed by atoms with Gasteiger partial charge in [-0.05, 0) is 12.1 Å². The topological polar surface area (TPSA) is 121 Å². The number of hydrogen-bond acceptors (Lipinski definition) is 6. The molecule has 0 amide bonds. The van der Waals surface area contributed by atoms with E-state index in [4.69, 9.17) is 4.55 Å². The van der Waals surface area contributed by atoms with Crippen molar-refractivity contribution in [1.82, 2.24) is 0 Å². The van der Waals surface area contributed by atoms with E-state index in [0.29, 0.717) is 0 Å². The van der Waals surface area contributed by atoms with Crippen LogP contribution in [-0.2, 0) is 19.7 Å². The smallest absolute Gasteiger partial charge is 0.312 e. The van der Waals surface area contributed by atoms with Gasteiger partial charge in [0.2, 0.25) is 0 Å². The molecular weight excluding hydrogens is 264 g/mol. The van der Waals surface area contributed by atoms with Gasteiger partial charge in [0.15, 0.2) is 0 Å². The third-order valence-electron chi connectivity index (χ3n) is 1.95. The molecule has 0 aliphatic rings. The van der Waals surface area contributed by atoms with Gasteiger partial charge in [0.05, 0.1) is 12.4 Å². The number of ether oxygens (including phenoxy) is 1. The Kier molecular flexibility index (Phi) is 4.40. The first-order valence-corrected chi connectivity index (χ1v) is 6.24. The highest BCUT2D eigenvalue weighted by Gasteiger charge is 2.28. The molecule has 98 valence electrons. The zero-order valence-corrected chi connectivity index (χ0v) is 9.79. The van der Waals surface area contributed by atoms with E-state index < -0.39 is 33.7 Å². The summed E-state index contributed by atoms with van der Waals surface area (Å²) in [5, 5.41) is 8.14. The SMILES string of the molecule is O=C(CC(C(=O)[O-])S(=O)(=O)O)Oc1ccccc1. The summed E-state index contributed by atoms with van der Waals surface area (Å²) in [7, 11) is -4.91. The van der Waals surface area contributed by atoms with Crippen LogP contribution in [0.5, 0.6) is 5.75 Å². The third kappa shape index (κ3) is 4.15. The lowest BCUT2D eigenvalue weighted by molar-refractivity contribution is -0.305. The van der Waals surface area contributed by atoms with Gasteiger partial charge in [-0.1, -0.05) is 18.2 Å². The second kappa shape index (κ2) is 5.61. The van der Waals surface area contributed by atoms with E-state index in [0.717, 1.165) is 0 Å². The van der Waals surface area contributed by atoms with E-state index in [1.807, 2.05) is 0 Å². The molecule has 1 rings (SSSR count). The summed E-state index contributed by atoms with van der Waals surface area (Å²) in [6.45, 7) is 0. The molecule has 0 saturated carbocycles. The first kappa shape index (κ1) is 14.1. The summed E-state index contributed by atoms with van der Waals surface area (Å²) >= 11 is 0. The van der Waals surface area contributed by atoms with Gasteiger partial charge >= 0.3 is 5.97 Å². The molecule has 0 fully saturated rings. The van der Waals surface area contributed by atoms with Gasteiger partial charge in [0.25, 0.3) is 10.1 Å². The van der Waals surface area contributed by atoms with Crippen LogP contribution in [-0.4, -0.2) is 30.2 Å². The lowest BCUT2D eigenvalue weighted by Gasteiger charge is -2.13. The number of carboxylic acids is 1. The van der Waals surface area contributed by atoms with Gasteiger partial charge in [-0.25, -0.2) is 0 Å². The van der Waals surface area contributed by atoms with Crippen molar-refractivity contribution in [3.8, 4) is 5.75 Å². The number of para-hydroxylation sites is 1. The van der Waals surface area contributed by atoms with Crippen LogP contribution in [0.2, 0.25) is 0 Å². The average molecular weight is 273 g/mol. The standard InChI is InChI=1S/C10H10O7S/c11-9(17-7-4-2-1-3-5-7)6-8(10(12)13)18(14,15)16/h1-5,8H,6H2,(H,12,13)(H,14,15,16)/p-1. The molecule has 0 spiro atoms. The average Bonchev–Trinajstić information content (AvgIpc) is 2.25. The van der Waals surface area contributed by atoms with Crippen LogP contribution in [0.3, 0.4) is 0 Å². The van der Waals surface area contributed by atoms with E-state index >= 15 is 0 Å². The first-order chi connectivity index (χ1) is 8.30. The Morgan fingerprint density at radius 2 is 1.83 bits per heavy atom. The van der Waals surface area contributed by atoms with Crippen molar-refractivity contribution in [3.63, 3.8) is 0 Å². The molecule has 1 unspecified atom stereocenters. The molecule has 18 heavy (non-hydrogen) atoms. The molecule has 7 nitrogen and oxygen atoms in total. The number of aliphatic carboxylic acids is 1. The molecule has 0 bridgehead atoms. The molecule has 0 radical (unpaired) electrons. The normalized spacial score (nSPS) is 12.7. The largest absolute Gasteiger partial charge is 0.549 e. The highest BCUT2D eigenvalue weighted by molar-refractivity contribution is 7.87. The summed E-state index contributed by atoms with van der Waals surface area (Å²) in [6, 6.07) is 7.67. The Morgan fingerprint density at radius 1 is 1.28 bits per heavy atom. The second-order valence-electron chi connectivity index (χ2n) is 3.31. The molecule has 0 aromatic heterocycles. The van der Waals surface area contributed by atoms with Crippen molar-refractivity contribution in [2.75, 3.05) is 0 Å². The van der Waals surface area contributed by atoms with E-state index in [2.05, 4.69) is 4.74 Å². The van der Waals surface area contributed by atoms with Crippen molar-refractivity contribution >= 4 is 22.1 Å². The van der Waals surface area contributed by atoms with Crippen LogP contribution in [0.4, 0.5) is 0 Å². The minimum absolute atomic E-state index is 0.134. The zero-order chi connectivity index (χ0) is 13.8. The van der Waals surface area contributed by atoms with Gasteiger partial charge in [0.1, 0.15) is 11.0 Å². The highest BCUT2D eigenvalue weighted by Crippen LogP contribution is 2.11. The lowest BCUT2D eigenvalue weighted by atomic mass is 10.3. The summed E-state index contributed by atoms with van der Waals surface area (Å²) in [4.78, 5) is 21.8. The zero-order valence-electron chi connectivity index (χ0n) is 8.98. The van der Waals surface area contributed by atoms with Crippen molar-refractivity contribution in [2.45, 2.75) is 11.7 Å². The molecule has 0 aliphatic carbocycles. The maximum atomic E-state index is 11.3. The Balaban J connectivity index is 2.72. The van der Waals surface area contributed by atoms with Gasteiger partial charge in [-0.15, -0.1) is 0 Å². The number of carbonyl (C=O) groups excluding carboxylic acids is 2. The number of esters is 1. The maximum absolute atomic E-state index is 11.3. The van der Waals surface area contributed by atoms with Crippen molar-refractivity contribution < 1.29 is 32.4 Å². The van der Waals surface area contributed by atoms with Crippen molar-refractivity contribution in [3.05, 3.63) is 30.3 Å². The van der Waals surface area contributed by atoms with Gasteiger partial charge < -0.3 is 14.6 Å². The lowest BCUT2D eigenvalue weighted by Crippen LogP contribution is -2.42. The number of benzene rings is 1. The third-order valence-corrected chi connectivity index (χ3v) is 3.03. The fraction of sp³-hybridized carbons (Fsp3) is 0.200. The van der Waals surface area contributed by atoms with E-state index in [1.165, 1.54) is 12.1 Å². The minimum Gasteiger partial charge on any atom is -0.549 e. The van der Waals surface area contributed by atoms with Crippen LogP contribution in [0.25, 0.3) is 0 Å². The summed E-state index contributed by atoms with van der Waals surface area (Å²) < 4.78 is 34.7. The predicted octanol–water partition coefficient (Wildman–Crippen LogP) is -1.01. The van der Waals surface area contributed by atoms with Crippen molar-refractivity contribution in [2.24, 2.45) is 0 Å².